The van der Waals surface area contributed by atoms with E-state index >= 15 is 0 Å². The summed E-state index contributed by atoms with van der Waals surface area (Å²) in [7, 11) is 1.65. The normalized spacial score (nSPS) is 10.2. The molecule has 0 aliphatic heterocycles. The van der Waals surface area contributed by atoms with E-state index < -0.39 is 0 Å². The third-order valence-electron chi connectivity index (χ3n) is 3.57. The molecule has 1 N–H and O–H groups in total. The zero-order valence-corrected chi connectivity index (χ0v) is 13.7. The van der Waals surface area contributed by atoms with Crippen molar-refractivity contribution in [2.24, 2.45) is 0 Å². The second kappa shape index (κ2) is 8.12. The molecule has 0 atom stereocenters. The molecule has 1 amide bonds. The Labute approximate surface area is 136 Å². The molecule has 0 unspecified atom stereocenters. The van der Waals surface area contributed by atoms with Crippen LogP contribution in [0.1, 0.15) is 29.9 Å². The average Bonchev–Trinajstić information content (AvgIpc) is 2.61. The molecule has 0 spiro atoms. The zero-order valence-electron chi connectivity index (χ0n) is 13.7. The van der Waals surface area contributed by atoms with Gasteiger partial charge in [-0.25, -0.2) is 9.97 Å². The third-order valence-corrected chi connectivity index (χ3v) is 3.57. The van der Waals surface area contributed by atoms with Gasteiger partial charge in [0.2, 0.25) is 0 Å². The van der Waals surface area contributed by atoms with Gasteiger partial charge in [-0.1, -0.05) is 18.2 Å². The maximum Gasteiger partial charge on any atom is 0.274 e. The Morgan fingerprint density at radius 3 is 2.52 bits per heavy atom. The lowest BCUT2D eigenvalue weighted by atomic mass is 10.2. The fourth-order valence-corrected chi connectivity index (χ4v) is 2.24. The molecule has 122 valence electrons. The first kappa shape index (κ1) is 16.7. The van der Waals surface area contributed by atoms with E-state index in [0.29, 0.717) is 31.1 Å². The van der Waals surface area contributed by atoms with Gasteiger partial charge in [0.05, 0.1) is 19.5 Å². The van der Waals surface area contributed by atoms with Crippen LogP contribution in [0.4, 0.5) is 5.82 Å². The second-order valence-electron chi connectivity index (χ2n) is 4.93. The molecule has 1 aromatic heterocycles. The van der Waals surface area contributed by atoms with E-state index in [9.17, 15) is 4.79 Å². The molecule has 0 fully saturated rings. The van der Waals surface area contributed by atoms with Gasteiger partial charge in [-0.2, -0.15) is 0 Å². The lowest BCUT2D eigenvalue weighted by Gasteiger charge is -2.17. The van der Waals surface area contributed by atoms with Gasteiger partial charge < -0.3 is 15.0 Å². The van der Waals surface area contributed by atoms with Gasteiger partial charge in [0, 0.05) is 25.2 Å². The van der Waals surface area contributed by atoms with Crippen LogP contribution < -0.4 is 10.1 Å². The number of rotatable bonds is 7. The highest BCUT2D eigenvalue weighted by Gasteiger charge is 2.14. The molecule has 0 saturated heterocycles. The predicted molar refractivity (Wildman–Crippen MR) is 89.6 cm³/mol. The van der Waals surface area contributed by atoms with E-state index in [-0.39, 0.29) is 5.91 Å². The van der Waals surface area contributed by atoms with Crippen molar-refractivity contribution in [3.63, 3.8) is 0 Å². The maximum absolute atomic E-state index is 12.2. The number of aromatic nitrogens is 2. The topological polar surface area (TPSA) is 67.4 Å². The van der Waals surface area contributed by atoms with E-state index in [4.69, 9.17) is 4.74 Å². The number of nitrogens with zero attached hydrogens (tertiary/aromatic N) is 3. The molecule has 1 heterocycles. The Morgan fingerprint density at radius 2 is 1.91 bits per heavy atom. The van der Waals surface area contributed by atoms with Crippen LogP contribution in [0.2, 0.25) is 0 Å². The van der Waals surface area contributed by atoms with E-state index in [1.165, 1.54) is 6.20 Å². The molecule has 0 bridgehead atoms. The molecule has 2 aromatic rings. The van der Waals surface area contributed by atoms with Gasteiger partial charge >= 0.3 is 0 Å². The number of para-hydroxylation sites is 1. The molecule has 2 rings (SSSR count). The average molecular weight is 314 g/mol. The van der Waals surface area contributed by atoms with Gasteiger partial charge in [0.1, 0.15) is 17.3 Å². The van der Waals surface area contributed by atoms with Crippen molar-refractivity contribution in [2.45, 2.75) is 20.4 Å². The van der Waals surface area contributed by atoms with Gasteiger partial charge in [-0.3, -0.25) is 4.79 Å². The van der Waals surface area contributed by atoms with Crippen LogP contribution in [0.15, 0.2) is 36.7 Å². The first-order chi connectivity index (χ1) is 11.2. The van der Waals surface area contributed by atoms with Crippen molar-refractivity contribution in [3.8, 4) is 5.75 Å². The summed E-state index contributed by atoms with van der Waals surface area (Å²) in [6.45, 7) is 5.77. The van der Waals surface area contributed by atoms with Crippen molar-refractivity contribution in [3.05, 3.63) is 47.9 Å². The van der Waals surface area contributed by atoms with Crippen molar-refractivity contribution >= 4 is 11.7 Å². The summed E-state index contributed by atoms with van der Waals surface area (Å²) in [6, 6.07) is 7.78. The predicted octanol–water partition coefficient (Wildman–Crippen LogP) is 2.58. The molecule has 0 aliphatic rings. The molecule has 0 radical (unpaired) electrons. The molecule has 23 heavy (non-hydrogen) atoms. The van der Waals surface area contributed by atoms with Gasteiger partial charge in [-0.15, -0.1) is 0 Å². The Bertz CT molecular complexity index is 639. The monoisotopic (exact) mass is 314 g/mol. The van der Waals surface area contributed by atoms with Crippen LogP contribution in [0.5, 0.6) is 5.75 Å². The first-order valence-corrected chi connectivity index (χ1v) is 7.66. The summed E-state index contributed by atoms with van der Waals surface area (Å²) in [4.78, 5) is 22.3. The summed E-state index contributed by atoms with van der Waals surface area (Å²) < 4.78 is 5.31. The number of hydrogen-bond acceptors (Lipinski definition) is 5. The first-order valence-electron chi connectivity index (χ1n) is 7.66. The number of methoxy groups -OCH3 is 1. The summed E-state index contributed by atoms with van der Waals surface area (Å²) in [5.41, 5.74) is 1.39. The Kier molecular flexibility index (Phi) is 5.91. The summed E-state index contributed by atoms with van der Waals surface area (Å²) >= 11 is 0. The fourth-order valence-electron chi connectivity index (χ4n) is 2.24. The highest BCUT2D eigenvalue weighted by Crippen LogP contribution is 2.18. The largest absolute Gasteiger partial charge is 0.496 e. The minimum absolute atomic E-state index is 0.0984. The van der Waals surface area contributed by atoms with Crippen LogP contribution in [0.3, 0.4) is 0 Å². The molecule has 0 saturated carbocycles. The van der Waals surface area contributed by atoms with Crippen molar-refractivity contribution in [1.29, 1.82) is 0 Å². The number of anilines is 1. The Balaban J connectivity index is 2.01. The summed E-state index contributed by atoms with van der Waals surface area (Å²) in [6.07, 6.45) is 3.08. The summed E-state index contributed by atoms with van der Waals surface area (Å²) in [5, 5.41) is 3.18. The molecule has 6 heteroatoms. The Morgan fingerprint density at radius 1 is 1.17 bits per heavy atom. The number of carbonyl (C=O) groups excluding carboxylic acids is 1. The minimum atomic E-state index is -0.0984. The van der Waals surface area contributed by atoms with E-state index in [1.54, 1.807) is 18.2 Å². The summed E-state index contributed by atoms with van der Waals surface area (Å²) in [5.74, 6) is 1.34. The van der Waals surface area contributed by atoms with Crippen LogP contribution in [-0.4, -0.2) is 41.0 Å². The van der Waals surface area contributed by atoms with Gasteiger partial charge in [-0.05, 0) is 19.9 Å². The van der Waals surface area contributed by atoms with E-state index in [2.05, 4.69) is 15.3 Å². The minimum Gasteiger partial charge on any atom is -0.496 e. The number of amides is 1. The molecule has 0 aliphatic carbocycles. The Hall–Kier alpha value is -2.63. The SMILES string of the molecule is CCN(CC)C(=O)c1cnc(NCc2ccccc2OC)cn1. The standard InChI is InChI=1S/C17H22N4O2/c1-4-21(5-2)17(22)14-11-20-16(12-18-14)19-10-13-8-6-7-9-15(13)23-3/h6-9,11-12H,4-5,10H2,1-3H3,(H,19,20). The molecule has 6 nitrogen and oxygen atoms in total. The van der Waals surface area contributed by atoms with Crippen molar-refractivity contribution in [2.75, 3.05) is 25.5 Å². The van der Waals surface area contributed by atoms with Gasteiger partial charge in [0.15, 0.2) is 0 Å². The lowest BCUT2D eigenvalue weighted by Crippen LogP contribution is -2.31. The maximum atomic E-state index is 12.2. The third kappa shape index (κ3) is 4.18. The van der Waals surface area contributed by atoms with Crippen LogP contribution in [-0.2, 0) is 6.54 Å². The zero-order chi connectivity index (χ0) is 16.7. The van der Waals surface area contributed by atoms with Crippen LogP contribution in [0, 0.1) is 0 Å². The highest BCUT2D eigenvalue weighted by molar-refractivity contribution is 5.92. The lowest BCUT2D eigenvalue weighted by molar-refractivity contribution is 0.0766. The van der Waals surface area contributed by atoms with Gasteiger partial charge in [0.25, 0.3) is 5.91 Å². The fraction of sp³-hybridized carbons (Fsp3) is 0.353. The highest BCUT2D eigenvalue weighted by atomic mass is 16.5. The van der Waals surface area contributed by atoms with Crippen molar-refractivity contribution in [1.82, 2.24) is 14.9 Å². The van der Waals surface area contributed by atoms with Crippen LogP contribution >= 0.6 is 0 Å². The number of hydrogen-bond donors (Lipinski definition) is 1. The van der Waals surface area contributed by atoms with E-state index in [0.717, 1.165) is 11.3 Å². The van der Waals surface area contributed by atoms with E-state index in [1.807, 2.05) is 38.1 Å². The van der Waals surface area contributed by atoms with Crippen LogP contribution in [0.25, 0.3) is 0 Å². The number of nitrogens with one attached hydrogen (secondary N) is 1. The quantitative estimate of drug-likeness (QED) is 0.851. The molecular weight excluding hydrogens is 292 g/mol. The number of ether oxygens (including phenoxy) is 1. The smallest absolute Gasteiger partial charge is 0.274 e. The molecule has 1 aromatic carbocycles. The number of carbonyl (C=O) groups is 1. The number of benzene rings is 1. The molecular formula is C17H22N4O2. The second-order valence-corrected chi connectivity index (χ2v) is 4.93. The van der Waals surface area contributed by atoms with Crippen molar-refractivity contribution < 1.29 is 9.53 Å².